The van der Waals surface area contributed by atoms with Crippen molar-refractivity contribution in [2.45, 2.75) is 25.4 Å². The first-order valence-corrected chi connectivity index (χ1v) is 7.27. The normalized spacial score (nSPS) is 14.4. The number of aromatic nitrogens is 2. The van der Waals surface area contributed by atoms with Gasteiger partial charge in [0, 0.05) is 24.1 Å². The molecule has 21 heavy (non-hydrogen) atoms. The van der Waals surface area contributed by atoms with Gasteiger partial charge < -0.3 is 5.32 Å². The van der Waals surface area contributed by atoms with Gasteiger partial charge in [0.2, 0.25) is 5.91 Å². The SMILES string of the molecule is CN(CC(=O)Nc1ccc(Cn2cccn2)cc1)C1CC1. The average Bonchev–Trinajstić information content (AvgIpc) is 3.20. The van der Waals surface area contributed by atoms with E-state index in [9.17, 15) is 4.79 Å². The molecule has 0 aliphatic heterocycles. The van der Waals surface area contributed by atoms with E-state index in [1.807, 2.05) is 48.3 Å². The zero-order valence-corrected chi connectivity index (χ0v) is 12.2. The van der Waals surface area contributed by atoms with Crippen molar-refractivity contribution < 1.29 is 4.79 Å². The molecule has 0 spiro atoms. The molecule has 1 saturated carbocycles. The first-order valence-electron chi connectivity index (χ1n) is 7.27. The summed E-state index contributed by atoms with van der Waals surface area (Å²) >= 11 is 0. The van der Waals surface area contributed by atoms with E-state index >= 15 is 0 Å². The Bertz CT molecular complexity index is 587. The maximum absolute atomic E-state index is 11.9. The van der Waals surface area contributed by atoms with Crippen LogP contribution in [0.15, 0.2) is 42.7 Å². The maximum atomic E-state index is 11.9. The predicted octanol–water partition coefficient (Wildman–Crippen LogP) is 1.96. The molecule has 0 atom stereocenters. The summed E-state index contributed by atoms with van der Waals surface area (Å²) in [6.07, 6.45) is 6.13. The lowest BCUT2D eigenvalue weighted by atomic mass is 10.2. The molecule has 5 heteroatoms. The number of rotatable bonds is 6. The molecule has 5 nitrogen and oxygen atoms in total. The third-order valence-corrected chi connectivity index (χ3v) is 3.70. The minimum atomic E-state index is 0.0456. The largest absolute Gasteiger partial charge is 0.325 e. The highest BCUT2D eigenvalue weighted by molar-refractivity contribution is 5.92. The highest BCUT2D eigenvalue weighted by atomic mass is 16.2. The van der Waals surface area contributed by atoms with Crippen LogP contribution in [0, 0.1) is 0 Å². The van der Waals surface area contributed by atoms with E-state index in [2.05, 4.69) is 15.3 Å². The molecule has 1 fully saturated rings. The van der Waals surface area contributed by atoms with Crippen LogP contribution in [0.4, 0.5) is 5.69 Å². The number of nitrogens with zero attached hydrogens (tertiary/aromatic N) is 3. The molecule has 1 aliphatic carbocycles. The summed E-state index contributed by atoms with van der Waals surface area (Å²) < 4.78 is 1.87. The number of carbonyl (C=O) groups excluding carboxylic acids is 1. The van der Waals surface area contributed by atoms with Crippen LogP contribution < -0.4 is 5.32 Å². The fraction of sp³-hybridized carbons (Fsp3) is 0.375. The van der Waals surface area contributed by atoms with Crippen LogP contribution in [0.1, 0.15) is 18.4 Å². The van der Waals surface area contributed by atoms with Crippen molar-refractivity contribution in [1.82, 2.24) is 14.7 Å². The van der Waals surface area contributed by atoms with Crippen LogP contribution in [0.3, 0.4) is 0 Å². The molecule has 1 amide bonds. The average molecular weight is 284 g/mol. The van der Waals surface area contributed by atoms with Crippen molar-refractivity contribution in [3.8, 4) is 0 Å². The Morgan fingerprint density at radius 1 is 1.38 bits per heavy atom. The number of benzene rings is 1. The van der Waals surface area contributed by atoms with Gasteiger partial charge in [0.15, 0.2) is 0 Å². The lowest BCUT2D eigenvalue weighted by Crippen LogP contribution is -2.31. The number of nitrogens with one attached hydrogen (secondary N) is 1. The molecular weight excluding hydrogens is 264 g/mol. The number of amides is 1. The molecule has 110 valence electrons. The van der Waals surface area contributed by atoms with E-state index in [-0.39, 0.29) is 5.91 Å². The second-order valence-corrected chi connectivity index (χ2v) is 5.60. The van der Waals surface area contributed by atoms with Crippen LogP contribution >= 0.6 is 0 Å². The standard InChI is InChI=1S/C16H20N4O/c1-19(15-7-8-15)12-16(21)18-14-5-3-13(4-6-14)11-20-10-2-9-17-20/h2-6,9-10,15H,7-8,11-12H2,1H3,(H,18,21). The highest BCUT2D eigenvalue weighted by Gasteiger charge is 2.27. The lowest BCUT2D eigenvalue weighted by molar-refractivity contribution is -0.117. The van der Waals surface area contributed by atoms with Crippen molar-refractivity contribution in [2.24, 2.45) is 0 Å². The quantitative estimate of drug-likeness (QED) is 0.882. The van der Waals surface area contributed by atoms with Crippen LogP contribution in [0.2, 0.25) is 0 Å². The molecular formula is C16H20N4O. The second-order valence-electron chi connectivity index (χ2n) is 5.60. The van der Waals surface area contributed by atoms with Gasteiger partial charge >= 0.3 is 0 Å². The Kier molecular flexibility index (Phi) is 4.01. The van der Waals surface area contributed by atoms with Crippen molar-refractivity contribution >= 4 is 11.6 Å². The molecule has 2 aromatic rings. The number of hydrogen-bond acceptors (Lipinski definition) is 3. The summed E-state index contributed by atoms with van der Waals surface area (Å²) in [5.74, 6) is 0.0456. The van der Waals surface area contributed by atoms with Crippen LogP contribution in [-0.2, 0) is 11.3 Å². The van der Waals surface area contributed by atoms with E-state index < -0.39 is 0 Å². The van der Waals surface area contributed by atoms with E-state index in [0.717, 1.165) is 17.8 Å². The van der Waals surface area contributed by atoms with Gasteiger partial charge in [-0.05, 0) is 43.7 Å². The number of hydrogen-bond donors (Lipinski definition) is 1. The van der Waals surface area contributed by atoms with Crippen molar-refractivity contribution in [1.29, 1.82) is 0 Å². The summed E-state index contributed by atoms with van der Waals surface area (Å²) in [5, 5.41) is 7.12. The third-order valence-electron chi connectivity index (χ3n) is 3.70. The molecule has 1 aromatic heterocycles. The van der Waals surface area contributed by atoms with Gasteiger partial charge in [-0.2, -0.15) is 5.10 Å². The number of anilines is 1. The Labute approximate surface area is 124 Å². The minimum Gasteiger partial charge on any atom is -0.325 e. The summed E-state index contributed by atoms with van der Waals surface area (Å²) in [6.45, 7) is 1.20. The van der Waals surface area contributed by atoms with Crippen molar-refractivity contribution in [3.63, 3.8) is 0 Å². The zero-order chi connectivity index (χ0) is 14.7. The Balaban J connectivity index is 1.52. The van der Waals surface area contributed by atoms with E-state index in [1.165, 1.54) is 12.8 Å². The third kappa shape index (κ3) is 3.92. The first-order chi connectivity index (χ1) is 10.2. The molecule has 1 aromatic carbocycles. The maximum Gasteiger partial charge on any atom is 0.238 e. The minimum absolute atomic E-state index is 0.0456. The first kappa shape index (κ1) is 13.8. The van der Waals surface area contributed by atoms with Crippen molar-refractivity contribution in [2.75, 3.05) is 18.9 Å². The van der Waals surface area contributed by atoms with Gasteiger partial charge in [0.05, 0.1) is 13.1 Å². The fourth-order valence-corrected chi connectivity index (χ4v) is 2.35. The van der Waals surface area contributed by atoms with Gasteiger partial charge in [0.1, 0.15) is 0 Å². The van der Waals surface area contributed by atoms with Gasteiger partial charge in [-0.25, -0.2) is 0 Å². The highest BCUT2D eigenvalue weighted by Crippen LogP contribution is 2.24. The molecule has 1 N–H and O–H groups in total. The molecule has 0 radical (unpaired) electrons. The molecule has 0 unspecified atom stereocenters. The van der Waals surface area contributed by atoms with Gasteiger partial charge in [-0.15, -0.1) is 0 Å². The molecule has 1 aliphatic rings. The summed E-state index contributed by atoms with van der Waals surface area (Å²) in [6, 6.07) is 10.4. The number of likely N-dealkylation sites (N-methyl/N-ethyl adjacent to an activating group) is 1. The Morgan fingerprint density at radius 3 is 2.76 bits per heavy atom. The van der Waals surface area contributed by atoms with Gasteiger partial charge in [-0.1, -0.05) is 12.1 Å². The monoisotopic (exact) mass is 284 g/mol. The smallest absolute Gasteiger partial charge is 0.238 e. The van der Waals surface area contributed by atoms with E-state index in [4.69, 9.17) is 0 Å². The Morgan fingerprint density at radius 2 is 2.14 bits per heavy atom. The fourth-order valence-electron chi connectivity index (χ4n) is 2.35. The van der Waals surface area contributed by atoms with Crippen LogP contribution in [-0.4, -0.2) is 40.2 Å². The summed E-state index contributed by atoms with van der Waals surface area (Å²) in [4.78, 5) is 14.0. The van der Waals surface area contributed by atoms with Crippen molar-refractivity contribution in [3.05, 3.63) is 48.3 Å². The topological polar surface area (TPSA) is 50.2 Å². The molecule has 1 heterocycles. The van der Waals surface area contributed by atoms with Gasteiger partial charge in [-0.3, -0.25) is 14.4 Å². The van der Waals surface area contributed by atoms with E-state index in [1.54, 1.807) is 6.20 Å². The van der Waals surface area contributed by atoms with Crippen LogP contribution in [0.25, 0.3) is 0 Å². The second kappa shape index (κ2) is 6.10. The number of carbonyl (C=O) groups is 1. The predicted molar refractivity (Wildman–Crippen MR) is 82.1 cm³/mol. The van der Waals surface area contributed by atoms with Gasteiger partial charge in [0.25, 0.3) is 0 Å². The summed E-state index contributed by atoms with van der Waals surface area (Å²) in [7, 11) is 2.00. The summed E-state index contributed by atoms with van der Waals surface area (Å²) in [5.41, 5.74) is 2.00. The molecule has 0 bridgehead atoms. The van der Waals surface area contributed by atoms with Crippen LogP contribution in [0.5, 0.6) is 0 Å². The zero-order valence-electron chi connectivity index (χ0n) is 12.2. The van der Waals surface area contributed by atoms with E-state index in [0.29, 0.717) is 12.6 Å². The lowest BCUT2D eigenvalue weighted by Gasteiger charge is -2.15. The molecule has 0 saturated heterocycles. The molecule has 3 rings (SSSR count). The Hall–Kier alpha value is -2.14.